The number of piperidine rings is 2. The maximum Gasteiger partial charge on any atom is 0.234 e. The maximum atomic E-state index is 13.5. The number of hydrogen-bond acceptors (Lipinski definition) is 8. The summed E-state index contributed by atoms with van der Waals surface area (Å²) in [5.41, 5.74) is 4.90. The predicted octanol–water partition coefficient (Wildman–Crippen LogP) is 8.74. The third-order valence-corrected chi connectivity index (χ3v) is 14.0. The quantitative estimate of drug-likeness (QED) is 0.152. The average molecular weight is 803 g/mol. The SMILES string of the molecule is O=C(CSC(=S)N1CCCCC1)Nc1ccc(-c2ccc(S(=O)(=O)c3ccc(-c4ccc(NC(=O)CSC(=S)N5CCCCC5)cc4)cc3)cc2)cc1. The molecular weight excluding hydrogens is 761 g/mol. The normalized spacial score (nSPS) is 14.7. The Kier molecular flexibility index (Phi) is 13.6. The summed E-state index contributed by atoms with van der Waals surface area (Å²) < 4.78 is 28.5. The zero-order chi connectivity index (χ0) is 37.2. The Bertz CT molecular complexity index is 1870. The first kappa shape index (κ1) is 39.0. The van der Waals surface area contributed by atoms with Gasteiger partial charge in [-0.2, -0.15) is 0 Å². The van der Waals surface area contributed by atoms with Crippen molar-refractivity contribution in [3.63, 3.8) is 0 Å². The lowest BCUT2D eigenvalue weighted by molar-refractivity contribution is -0.114. The number of nitrogens with zero attached hydrogens (tertiary/aromatic N) is 2. The van der Waals surface area contributed by atoms with Crippen LogP contribution in [0, 0.1) is 0 Å². The van der Waals surface area contributed by atoms with E-state index < -0.39 is 9.84 Å². The van der Waals surface area contributed by atoms with Gasteiger partial charge in [0, 0.05) is 37.6 Å². The number of carbonyl (C=O) groups excluding carboxylic acids is 2. The summed E-state index contributed by atoms with van der Waals surface area (Å²) in [4.78, 5) is 29.8. The van der Waals surface area contributed by atoms with E-state index in [1.807, 2.05) is 48.5 Å². The lowest BCUT2D eigenvalue weighted by atomic mass is 10.1. The molecule has 0 radical (unpaired) electrons. The first-order chi connectivity index (χ1) is 25.7. The van der Waals surface area contributed by atoms with E-state index in [1.165, 1.54) is 36.4 Å². The van der Waals surface area contributed by atoms with Gasteiger partial charge in [0.15, 0.2) is 0 Å². The Hall–Kier alpha value is -3.75. The second kappa shape index (κ2) is 18.5. The van der Waals surface area contributed by atoms with Crippen molar-refractivity contribution in [2.45, 2.75) is 48.3 Å². The molecule has 13 heteroatoms. The molecule has 4 aromatic carbocycles. The highest BCUT2D eigenvalue weighted by atomic mass is 32.2. The summed E-state index contributed by atoms with van der Waals surface area (Å²) in [5.74, 6) is 0.308. The number of amides is 2. The zero-order valence-electron chi connectivity index (χ0n) is 29.3. The van der Waals surface area contributed by atoms with E-state index in [-0.39, 0.29) is 33.1 Å². The second-order valence-corrected chi connectivity index (χ2v) is 18.2. The summed E-state index contributed by atoms with van der Waals surface area (Å²) in [6.07, 6.45) is 7.03. The zero-order valence-corrected chi connectivity index (χ0v) is 33.4. The number of sulfone groups is 1. The summed E-state index contributed by atoms with van der Waals surface area (Å²) in [7, 11) is -3.74. The predicted molar refractivity (Wildman–Crippen MR) is 227 cm³/mol. The molecule has 6 rings (SSSR count). The molecule has 0 saturated carbocycles. The van der Waals surface area contributed by atoms with Crippen LogP contribution < -0.4 is 10.6 Å². The maximum absolute atomic E-state index is 13.5. The highest BCUT2D eigenvalue weighted by Crippen LogP contribution is 2.29. The van der Waals surface area contributed by atoms with E-state index in [0.717, 1.165) is 82.8 Å². The molecule has 2 aliphatic rings. The van der Waals surface area contributed by atoms with Crippen LogP contribution in [0.1, 0.15) is 38.5 Å². The van der Waals surface area contributed by atoms with Crippen LogP contribution in [-0.4, -0.2) is 76.4 Å². The average Bonchev–Trinajstić information content (AvgIpc) is 3.20. The van der Waals surface area contributed by atoms with Crippen molar-refractivity contribution >= 4 is 89.6 Å². The fourth-order valence-electron chi connectivity index (χ4n) is 6.27. The Morgan fingerprint density at radius 3 is 1.13 bits per heavy atom. The van der Waals surface area contributed by atoms with Gasteiger partial charge in [-0.05, 0) is 109 Å². The Morgan fingerprint density at radius 2 is 0.811 bits per heavy atom. The van der Waals surface area contributed by atoms with Crippen molar-refractivity contribution in [2.24, 2.45) is 0 Å². The molecule has 53 heavy (non-hydrogen) atoms. The minimum atomic E-state index is -3.74. The molecule has 0 aliphatic carbocycles. The van der Waals surface area contributed by atoms with Crippen molar-refractivity contribution in [1.82, 2.24) is 9.80 Å². The van der Waals surface area contributed by atoms with Crippen molar-refractivity contribution in [3.8, 4) is 22.3 Å². The number of carbonyl (C=O) groups is 2. The first-order valence-electron chi connectivity index (χ1n) is 17.7. The molecule has 0 unspecified atom stereocenters. The minimum absolute atomic E-state index is 0.109. The van der Waals surface area contributed by atoms with Crippen LogP contribution in [0.2, 0.25) is 0 Å². The molecule has 2 N–H and O–H groups in total. The molecule has 2 heterocycles. The Balaban J connectivity index is 0.991. The molecule has 0 atom stereocenters. The number of likely N-dealkylation sites (tertiary alicyclic amines) is 2. The van der Waals surface area contributed by atoms with E-state index >= 15 is 0 Å². The van der Waals surface area contributed by atoms with Gasteiger partial charge >= 0.3 is 0 Å². The molecule has 2 saturated heterocycles. The highest BCUT2D eigenvalue weighted by molar-refractivity contribution is 8.23. The largest absolute Gasteiger partial charge is 0.358 e. The fourth-order valence-corrected chi connectivity index (χ4v) is 9.63. The second-order valence-electron chi connectivity index (χ2n) is 13.0. The number of rotatable bonds is 10. The van der Waals surface area contributed by atoms with Gasteiger partial charge in [-0.15, -0.1) is 0 Å². The van der Waals surface area contributed by atoms with Gasteiger partial charge in [0.25, 0.3) is 0 Å². The number of anilines is 2. The highest BCUT2D eigenvalue weighted by Gasteiger charge is 2.19. The van der Waals surface area contributed by atoms with Gasteiger partial charge in [-0.3, -0.25) is 9.59 Å². The molecule has 0 bridgehead atoms. The van der Waals surface area contributed by atoms with Crippen LogP contribution >= 0.6 is 48.0 Å². The molecule has 2 amide bonds. The van der Waals surface area contributed by atoms with E-state index in [1.54, 1.807) is 48.5 Å². The van der Waals surface area contributed by atoms with Crippen LogP contribution in [0.15, 0.2) is 107 Å². The van der Waals surface area contributed by atoms with Gasteiger partial charge in [0.2, 0.25) is 21.7 Å². The van der Waals surface area contributed by atoms with E-state index in [4.69, 9.17) is 24.4 Å². The van der Waals surface area contributed by atoms with Crippen LogP contribution in [0.3, 0.4) is 0 Å². The fraction of sp³-hybridized carbons (Fsp3) is 0.300. The monoisotopic (exact) mass is 802 g/mol. The Morgan fingerprint density at radius 1 is 0.509 bits per heavy atom. The van der Waals surface area contributed by atoms with E-state index in [0.29, 0.717) is 11.4 Å². The van der Waals surface area contributed by atoms with Crippen LogP contribution in [0.25, 0.3) is 22.3 Å². The molecule has 276 valence electrons. The summed E-state index contributed by atoms with van der Waals surface area (Å²) in [5, 5.41) is 5.86. The number of thioether (sulfide) groups is 2. The van der Waals surface area contributed by atoms with Gasteiger partial charge in [-0.1, -0.05) is 96.5 Å². The summed E-state index contributed by atoms with van der Waals surface area (Å²) in [6, 6.07) is 28.5. The van der Waals surface area contributed by atoms with Crippen molar-refractivity contribution < 1.29 is 18.0 Å². The third kappa shape index (κ3) is 10.7. The minimum Gasteiger partial charge on any atom is -0.358 e. The first-order valence-corrected chi connectivity index (χ1v) is 22.0. The lowest BCUT2D eigenvalue weighted by Crippen LogP contribution is -2.33. The number of hydrogen-bond donors (Lipinski definition) is 2. The Labute approximate surface area is 331 Å². The van der Waals surface area contributed by atoms with E-state index in [9.17, 15) is 18.0 Å². The molecule has 0 aromatic heterocycles. The summed E-state index contributed by atoms with van der Waals surface area (Å²) in [6.45, 7) is 3.85. The van der Waals surface area contributed by atoms with Crippen molar-refractivity contribution in [1.29, 1.82) is 0 Å². The van der Waals surface area contributed by atoms with Crippen molar-refractivity contribution in [3.05, 3.63) is 97.1 Å². The standard InChI is InChI=1S/C40H42N4O4S5/c45-37(27-51-39(49)43-23-3-1-4-24-43)41-33-15-7-29(8-16-33)31-11-19-35(20-12-31)53(47,48)36-21-13-32(14-22-36)30-9-17-34(18-10-30)42-38(46)28-52-40(50)44-25-5-2-6-26-44/h7-22H,1-6,23-28H2,(H,41,45)(H,42,46). The van der Waals surface area contributed by atoms with Crippen LogP contribution in [0.4, 0.5) is 11.4 Å². The van der Waals surface area contributed by atoms with Crippen molar-refractivity contribution in [2.75, 3.05) is 48.3 Å². The molecule has 8 nitrogen and oxygen atoms in total. The van der Waals surface area contributed by atoms with Crippen LogP contribution in [0.5, 0.6) is 0 Å². The van der Waals surface area contributed by atoms with E-state index in [2.05, 4.69) is 20.4 Å². The topological polar surface area (TPSA) is 98.8 Å². The number of thiocarbonyl (C=S) groups is 2. The molecular formula is C40H42N4O4S5. The molecule has 2 fully saturated rings. The smallest absolute Gasteiger partial charge is 0.234 e. The van der Waals surface area contributed by atoms with Gasteiger partial charge in [0.1, 0.15) is 8.64 Å². The number of benzene rings is 4. The van der Waals surface area contributed by atoms with Gasteiger partial charge in [-0.25, -0.2) is 8.42 Å². The van der Waals surface area contributed by atoms with Gasteiger partial charge in [0.05, 0.1) is 21.3 Å². The molecule has 4 aromatic rings. The number of nitrogens with one attached hydrogen (secondary N) is 2. The molecule has 0 spiro atoms. The lowest BCUT2D eigenvalue weighted by Gasteiger charge is -2.28. The third-order valence-electron chi connectivity index (χ3n) is 9.22. The summed E-state index contributed by atoms with van der Waals surface area (Å²) >= 11 is 13.8. The van der Waals surface area contributed by atoms with Gasteiger partial charge < -0.3 is 20.4 Å². The molecule has 2 aliphatic heterocycles. The van der Waals surface area contributed by atoms with Crippen LogP contribution in [-0.2, 0) is 19.4 Å².